The SMILES string of the molecule is Cc1cc2ncn(-c3nc(CN4CCOCC4)nc4scc(-c5cccs5)c34)c2cc1C. The first-order valence-electron chi connectivity index (χ1n) is 10.7. The molecule has 0 N–H and O–H groups in total. The molecule has 5 aromatic rings. The number of aromatic nitrogens is 4. The first-order valence-corrected chi connectivity index (χ1v) is 12.5. The van der Waals surface area contributed by atoms with Crippen molar-refractivity contribution < 1.29 is 4.74 Å². The molecule has 0 spiro atoms. The molecule has 8 heteroatoms. The lowest BCUT2D eigenvalue weighted by molar-refractivity contribution is 0.0331. The molecule has 1 aliphatic rings. The highest BCUT2D eigenvalue weighted by atomic mass is 32.1. The molecule has 5 heterocycles. The third kappa shape index (κ3) is 3.44. The van der Waals surface area contributed by atoms with Gasteiger partial charge in [-0.25, -0.2) is 15.0 Å². The molecule has 1 fully saturated rings. The van der Waals surface area contributed by atoms with E-state index in [-0.39, 0.29) is 0 Å². The second kappa shape index (κ2) is 8.04. The van der Waals surface area contributed by atoms with Gasteiger partial charge in [-0.15, -0.1) is 22.7 Å². The number of fused-ring (bicyclic) bond motifs is 2. The summed E-state index contributed by atoms with van der Waals surface area (Å²) in [6.45, 7) is 8.35. The summed E-state index contributed by atoms with van der Waals surface area (Å²) in [4.78, 5) is 19.4. The molecule has 162 valence electrons. The fourth-order valence-corrected chi connectivity index (χ4v) is 5.99. The van der Waals surface area contributed by atoms with Gasteiger partial charge in [0.05, 0.1) is 36.2 Å². The highest BCUT2D eigenvalue weighted by molar-refractivity contribution is 7.18. The maximum atomic E-state index is 5.51. The van der Waals surface area contributed by atoms with E-state index >= 15 is 0 Å². The Morgan fingerprint density at radius 2 is 1.91 bits per heavy atom. The molecule has 0 radical (unpaired) electrons. The van der Waals surface area contributed by atoms with E-state index in [0.717, 1.165) is 65.7 Å². The zero-order valence-electron chi connectivity index (χ0n) is 18.0. The van der Waals surface area contributed by atoms with Crippen molar-refractivity contribution in [2.45, 2.75) is 20.4 Å². The average molecular weight is 462 g/mol. The van der Waals surface area contributed by atoms with E-state index in [1.807, 2.05) is 6.33 Å². The van der Waals surface area contributed by atoms with Crippen LogP contribution in [0.2, 0.25) is 0 Å². The van der Waals surface area contributed by atoms with E-state index in [4.69, 9.17) is 19.7 Å². The molecule has 6 nitrogen and oxygen atoms in total. The van der Waals surface area contributed by atoms with Crippen molar-refractivity contribution in [3.8, 4) is 16.3 Å². The van der Waals surface area contributed by atoms with Crippen LogP contribution in [0.1, 0.15) is 17.0 Å². The fraction of sp³-hybridized carbons (Fsp3) is 0.292. The van der Waals surface area contributed by atoms with Crippen molar-refractivity contribution in [2.75, 3.05) is 26.3 Å². The number of imidazole rings is 1. The fourth-order valence-electron chi connectivity index (χ4n) is 4.22. The molecule has 0 bridgehead atoms. The largest absolute Gasteiger partial charge is 0.379 e. The number of morpholine rings is 1. The van der Waals surface area contributed by atoms with Crippen molar-refractivity contribution in [1.82, 2.24) is 24.4 Å². The van der Waals surface area contributed by atoms with Gasteiger partial charge in [0, 0.05) is 28.9 Å². The number of benzene rings is 1. The number of hydrogen-bond acceptors (Lipinski definition) is 7. The lowest BCUT2D eigenvalue weighted by Crippen LogP contribution is -2.36. The van der Waals surface area contributed by atoms with Gasteiger partial charge < -0.3 is 4.74 Å². The summed E-state index contributed by atoms with van der Waals surface area (Å²) in [5.41, 5.74) is 5.76. The zero-order valence-corrected chi connectivity index (χ0v) is 19.7. The zero-order chi connectivity index (χ0) is 21.7. The average Bonchev–Trinajstić information content (AvgIpc) is 3.54. The molecule has 0 atom stereocenters. The van der Waals surface area contributed by atoms with Gasteiger partial charge in [0.15, 0.2) is 5.82 Å². The van der Waals surface area contributed by atoms with Crippen LogP contribution in [-0.4, -0.2) is 50.7 Å². The van der Waals surface area contributed by atoms with Gasteiger partial charge in [0.25, 0.3) is 0 Å². The molecule has 1 aromatic carbocycles. The first kappa shape index (κ1) is 20.0. The maximum absolute atomic E-state index is 5.51. The Hall–Kier alpha value is -2.65. The van der Waals surface area contributed by atoms with Crippen LogP contribution in [0.3, 0.4) is 0 Å². The number of ether oxygens (including phenoxy) is 1. The van der Waals surface area contributed by atoms with Crippen LogP contribution < -0.4 is 0 Å². The number of rotatable bonds is 4. The minimum absolute atomic E-state index is 0.725. The minimum atomic E-state index is 0.725. The van der Waals surface area contributed by atoms with Gasteiger partial charge in [0.2, 0.25) is 0 Å². The molecule has 0 aliphatic carbocycles. The van der Waals surface area contributed by atoms with Crippen molar-refractivity contribution in [3.63, 3.8) is 0 Å². The predicted octanol–water partition coefficient (Wildman–Crippen LogP) is 5.21. The molecule has 0 saturated carbocycles. The van der Waals surface area contributed by atoms with Crippen LogP contribution in [0.25, 0.3) is 37.5 Å². The second-order valence-electron chi connectivity index (χ2n) is 8.20. The summed E-state index contributed by atoms with van der Waals surface area (Å²) < 4.78 is 7.65. The van der Waals surface area contributed by atoms with Gasteiger partial charge in [0.1, 0.15) is 17.0 Å². The van der Waals surface area contributed by atoms with E-state index in [1.54, 1.807) is 22.7 Å². The smallest absolute Gasteiger partial charge is 0.151 e. The van der Waals surface area contributed by atoms with Crippen molar-refractivity contribution in [3.05, 3.63) is 58.3 Å². The Bertz CT molecular complexity index is 1410. The molecule has 1 aliphatic heterocycles. The standard InChI is InChI=1S/C24H23N5OS2/c1-15-10-18-19(11-16(15)2)29(14-25-18)23-22-17(20-4-3-9-31-20)13-32-24(22)27-21(26-23)12-28-5-7-30-8-6-28/h3-4,9-11,13-14H,5-8,12H2,1-2H3. The Morgan fingerprint density at radius 1 is 1.06 bits per heavy atom. The van der Waals surface area contributed by atoms with E-state index in [2.05, 4.69) is 58.3 Å². The molecular weight excluding hydrogens is 438 g/mol. The lowest BCUT2D eigenvalue weighted by atomic mass is 10.1. The third-order valence-corrected chi connectivity index (χ3v) is 7.88. The highest BCUT2D eigenvalue weighted by Crippen LogP contribution is 2.39. The summed E-state index contributed by atoms with van der Waals surface area (Å²) in [5, 5.41) is 5.42. The first-order chi connectivity index (χ1) is 15.7. The van der Waals surface area contributed by atoms with Gasteiger partial charge in [-0.3, -0.25) is 9.47 Å². The minimum Gasteiger partial charge on any atom is -0.379 e. The third-order valence-electron chi connectivity index (χ3n) is 6.11. The number of hydrogen-bond donors (Lipinski definition) is 0. The Morgan fingerprint density at radius 3 is 2.72 bits per heavy atom. The Kier molecular flexibility index (Phi) is 5.02. The van der Waals surface area contributed by atoms with Gasteiger partial charge in [-0.1, -0.05) is 6.07 Å². The summed E-state index contributed by atoms with van der Waals surface area (Å²) in [6, 6.07) is 8.62. The summed E-state index contributed by atoms with van der Waals surface area (Å²) in [5.74, 6) is 1.76. The molecule has 1 saturated heterocycles. The van der Waals surface area contributed by atoms with E-state index < -0.39 is 0 Å². The van der Waals surface area contributed by atoms with Crippen LogP contribution in [0.15, 0.2) is 41.4 Å². The molecule has 4 aromatic heterocycles. The predicted molar refractivity (Wildman–Crippen MR) is 131 cm³/mol. The van der Waals surface area contributed by atoms with Gasteiger partial charge in [-0.2, -0.15) is 0 Å². The normalized spacial score (nSPS) is 15.2. The molecule has 6 rings (SSSR count). The van der Waals surface area contributed by atoms with Gasteiger partial charge in [-0.05, 0) is 48.6 Å². The van der Waals surface area contributed by atoms with Crippen LogP contribution in [-0.2, 0) is 11.3 Å². The summed E-state index contributed by atoms with van der Waals surface area (Å²) in [7, 11) is 0. The molecular formula is C24H23N5OS2. The van der Waals surface area contributed by atoms with Crippen LogP contribution in [0.5, 0.6) is 0 Å². The highest BCUT2D eigenvalue weighted by Gasteiger charge is 2.21. The quantitative estimate of drug-likeness (QED) is 0.368. The molecule has 0 amide bonds. The monoisotopic (exact) mass is 461 g/mol. The second-order valence-corrected chi connectivity index (χ2v) is 10.0. The van der Waals surface area contributed by atoms with E-state index in [1.165, 1.54) is 21.6 Å². The van der Waals surface area contributed by atoms with Crippen molar-refractivity contribution in [2.24, 2.45) is 0 Å². The van der Waals surface area contributed by atoms with E-state index in [0.29, 0.717) is 0 Å². The summed E-state index contributed by atoms with van der Waals surface area (Å²) in [6.07, 6.45) is 1.90. The lowest BCUT2D eigenvalue weighted by Gasteiger charge is -2.25. The number of nitrogens with zero attached hydrogens (tertiary/aromatic N) is 5. The Balaban J connectivity index is 1.57. The topological polar surface area (TPSA) is 56.1 Å². The van der Waals surface area contributed by atoms with Gasteiger partial charge >= 0.3 is 0 Å². The maximum Gasteiger partial charge on any atom is 0.151 e. The summed E-state index contributed by atoms with van der Waals surface area (Å²) >= 11 is 3.44. The Labute approximate surface area is 194 Å². The van der Waals surface area contributed by atoms with Crippen LogP contribution in [0, 0.1) is 13.8 Å². The van der Waals surface area contributed by atoms with Crippen molar-refractivity contribution in [1.29, 1.82) is 0 Å². The van der Waals surface area contributed by atoms with Crippen LogP contribution >= 0.6 is 22.7 Å². The number of thiophene rings is 2. The molecule has 32 heavy (non-hydrogen) atoms. The molecule has 0 unspecified atom stereocenters. The van der Waals surface area contributed by atoms with Crippen LogP contribution in [0.4, 0.5) is 0 Å². The number of aryl methyl sites for hydroxylation is 2. The van der Waals surface area contributed by atoms with E-state index in [9.17, 15) is 0 Å². The van der Waals surface area contributed by atoms with Crippen molar-refractivity contribution >= 4 is 43.9 Å².